The average Bonchev–Trinajstić information content (AvgIpc) is 3.13. The molecule has 0 spiro atoms. The van der Waals surface area contributed by atoms with Crippen LogP contribution in [0.25, 0.3) is 0 Å². The van der Waals surface area contributed by atoms with Crippen LogP contribution >= 0.6 is 0 Å². The first-order chi connectivity index (χ1) is 12.5. The van der Waals surface area contributed by atoms with Gasteiger partial charge >= 0.3 is 0 Å². The summed E-state index contributed by atoms with van der Waals surface area (Å²) in [6.45, 7) is 1.20. The third kappa shape index (κ3) is 5.97. The van der Waals surface area contributed by atoms with E-state index >= 15 is 0 Å². The van der Waals surface area contributed by atoms with Crippen molar-refractivity contribution in [2.24, 2.45) is 0 Å². The molecule has 138 valence electrons. The van der Waals surface area contributed by atoms with Gasteiger partial charge in [0.05, 0.1) is 33.0 Å². The van der Waals surface area contributed by atoms with Crippen LogP contribution in [-0.2, 0) is 20.9 Å². The van der Waals surface area contributed by atoms with Crippen molar-refractivity contribution in [3.8, 4) is 5.75 Å². The summed E-state index contributed by atoms with van der Waals surface area (Å²) in [6, 6.07) is 10.2. The van der Waals surface area contributed by atoms with Gasteiger partial charge in [-0.3, -0.25) is 14.4 Å². The third-order valence-corrected chi connectivity index (χ3v) is 3.53. The van der Waals surface area contributed by atoms with Gasteiger partial charge in [-0.1, -0.05) is 0 Å². The van der Waals surface area contributed by atoms with Gasteiger partial charge in [0.2, 0.25) is 17.7 Å². The minimum atomic E-state index is -0.434. The highest BCUT2D eigenvalue weighted by atomic mass is 16.5. The first-order valence-electron chi connectivity index (χ1n) is 7.96. The molecule has 2 rings (SSSR count). The maximum atomic E-state index is 12.0. The number of nitrogens with zero attached hydrogens (tertiary/aromatic N) is 1. The molecule has 1 aromatic heterocycles. The molecule has 2 aromatic rings. The number of benzene rings is 1. The van der Waals surface area contributed by atoms with Crippen molar-refractivity contribution in [2.45, 2.75) is 13.5 Å². The summed E-state index contributed by atoms with van der Waals surface area (Å²) >= 11 is 0. The predicted octanol–water partition coefficient (Wildman–Crippen LogP) is 1.39. The highest BCUT2D eigenvalue weighted by Gasteiger charge is 2.16. The van der Waals surface area contributed by atoms with Crippen LogP contribution in [0.4, 0.5) is 5.69 Å². The molecule has 3 amide bonds. The molecular formula is C18H21N3O5. The number of carbonyl (C=O) groups excluding carboxylic acids is 3. The number of anilines is 1. The van der Waals surface area contributed by atoms with Crippen LogP contribution in [0.2, 0.25) is 0 Å². The van der Waals surface area contributed by atoms with Crippen molar-refractivity contribution in [2.75, 3.05) is 25.5 Å². The number of hydrogen-bond donors (Lipinski definition) is 2. The minimum Gasteiger partial charge on any atom is -0.497 e. The maximum Gasteiger partial charge on any atom is 0.243 e. The molecule has 0 saturated heterocycles. The van der Waals surface area contributed by atoms with Crippen LogP contribution in [0.3, 0.4) is 0 Å². The Bertz CT molecular complexity index is 741. The zero-order chi connectivity index (χ0) is 18.9. The quantitative estimate of drug-likeness (QED) is 0.742. The Hall–Kier alpha value is -3.29. The minimum absolute atomic E-state index is 0.161. The lowest BCUT2D eigenvalue weighted by atomic mass is 10.3. The van der Waals surface area contributed by atoms with Gasteiger partial charge in [0.25, 0.3) is 0 Å². The second-order valence-electron chi connectivity index (χ2n) is 5.51. The second-order valence-corrected chi connectivity index (χ2v) is 5.51. The van der Waals surface area contributed by atoms with Crippen molar-refractivity contribution in [3.05, 3.63) is 48.4 Å². The zero-order valence-corrected chi connectivity index (χ0v) is 14.7. The molecule has 0 aliphatic carbocycles. The van der Waals surface area contributed by atoms with E-state index in [0.29, 0.717) is 17.2 Å². The van der Waals surface area contributed by atoms with E-state index in [1.165, 1.54) is 18.1 Å². The van der Waals surface area contributed by atoms with Crippen molar-refractivity contribution in [1.29, 1.82) is 0 Å². The number of hydrogen-bond acceptors (Lipinski definition) is 5. The monoisotopic (exact) mass is 359 g/mol. The molecule has 0 bridgehead atoms. The van der Waals surface area contributed by atoms with Crippen LogP contribution in [0, 0.1) is 0 Å². The van der Waals surface area contributed by atoms with Gasteiger partial charge in [-0.2, -0.15) is 0 Å². The van der Waals surface area contributed by atoms with Gasteiger partial charge in [-0.15, -0.1) is 0 Å². The molecule has 0 aliphatic rings. The molecule has 1 heterocycles. The van der Waals surface area contributed by atoms with Gasteiger partial charge in [0, 0.05) is 12.6 Å². The summed E-state index contributed by atoms with van der Waals surface area (Å²) in [5, 5.41) is 5.15. The SMILES string of the molecule is COc1ccc(NC(=O)CNC(=O)CN(Cc2ccco2)C(C)=O)cc1. The van der Waals surface area contributed by atoms with Crippen molar-refractivity contribution < 1.29 is 23.5 Å². The van der Waals surface area contributed by atoms with Crippen LogP contribution in [0.15, 0.2) is 47.1 Å². The lowest BCUT2D eigenvalue weighted by Gasteiger charge is -2.19. The fourth-order valence-electron chi connectivity index (χ4n) is 2.16. The highest BCUT2D eigenvalue weighted by Crippen LogP contribution is 2.14. The Morgan fingerprint density at radius 3 is 2.42 bits per heavy atom. The summed E-state index contributed by atoms with van der Waals surface area (Å²) < 4.78 is 10.2. The van der Waals surface area contributed by atoms with E-state index in [-0.39, 0.29) is 31.4 Å². The molecule has 0 unspecified atom stereocenters. The molecule has 0 radical (unpaired) electrons. The Morgan fingerprint density at radius 2 is 1.85 bits per heavy atom. The maximum absolute atomic E-state index is 12.0. The number of nitrogens with one attached hydrogen (secondary N) is 2. The van der Waals surface area contributed by atoms with E-state index in [0.717, 1.165) is 0 Å². The van der Waals surface area contributed by atoms with E-state index < -0.39 is 5.91 Å². The predicted molar refractivity (Wildman–Crippen MR) is 94.4 cm³/mol. The summed E-state index contributed by atoms with van der Waals surface area (Å²) in [6.07, 6.45) is 1.50. The molecular weight excluding hydrogens is 338 g/mol. The first kappa shape index (κ1) is 19.0. The van der Waals surface area contributed by atoms with Gasteiger partial charge in [-0.05, 0) is 36.4 Å². The molecule has 8 nitrogen and oxygen atoms in total. The summed E-state index contributed by atoms with van der Waals surface area (Å²) in [7, 11) is 1.55. The molecule has 0 aliphatic heterocycles. The lowest BCUT2D eigenvalue weighted by Crippen LogP contribution is -2.41. The molecule has 26 heavy (non-hydrogen) atoms. The second kappa shape index (κ2) is 9.26. The van der Waals surface area contributed by atoms with E-state index in [1.807, 2.05) is 0 Å². The van der Waals surface area contributed by atoms with E-state index in [1.54, 1.807) is 43.5 Å². The molecule has 0 saturated carbocycles. The fraction of sp³-hybridized carbons (Fsp3) is 0.278. The van der Waals surface area contributed by atoms with Gasteiger partial charge < -0.3 is 24.7 Å². The van der Waals surface area contributed by atoms with E-state index in [4.69, 9.17) is 9.15 Å². The zero-order valence-electron chi connectivity index (χ0n) is 14.7. The van der Waals surface area contributed by atoms with Gasteiger partial charge in [0.15, 0.2) is 0 Å². The molecule has 8 heteroatoms. The number of rotatable bonds is 8. The summed E-state index contributed by atoms with van der Waals surface area (Å²) in [4.78, 5) is 36.9. The normalized spacial score (nSPS) is 10.1. The average molecular weight is 359 g/mol. The van der Waals surface area contributed by atoms with E-state index in [2.05, 4.69) is 10.6 Å². The Morgan fingerprint density at radius 1 is 1.12 bits per heavy atom. The number of furan rings is 1. The van der Waals surface area contributed by atoms with E-state index in [9.17, 15) is 14.4 Å². The first-order valence-corrected chi connectivity index (χ1v) is 7.96. The molecule has 0 fully saturated rings. The Labute approximate surface area is 151 Å². The van der Waals surface area contributed by atoms with Crippen molar-refractivity contribution in [3.63, 3.8) is 0 Å². The number of amides is 3. The van der Waals surface area contributed by atoms with Crippen molar-refractivity contribution in [1.82, 2.24) is 10.2 Å². The largest absolute Gasteiger partial charge is 0.497 e. The van der Waals surface area contributed by atoms with Gasteiger partial charge in [0.1, 0.15) is 11.5 Å². The van der Waals surface area contributed by atoms with Crippen LogP contribution < -0.4 is 15.4 Å². The van der Waals surface area contributed by atoms with Crippen LogP contribution in [0.5, 0.6) is 5.75 Å². The van der Waals surface area contributed by atoms with Gasteiger partial charge in [-0.25, -0.2) is 0 Å². The smallest absolute Gasteiger partial charge is 0.243 e. The Kier molecular flexibility index (Phi) is 6.78. The molecule has 2 N–H and O–H groups in total. The Balaban J connectivity index is 1.78. The number of methoxy groups -OCH3 is 1. The van der Waals surface area contributed by atoms with Crippen LogP contribution in [0.1, 0.15) is 12.7 Å². The topological polar surface area (TPSA) is 101 Å². The summed E-state index contributed by atoms with van der Waals surface area (Å²) in [5.41, 5.74) is 0.591. The number of ether oxygens (including phenoxy) is 1. The fourth-order valence-corrected chi connectivity index (χ4v) is 2.16. The summed E-state index contributed by atoms with van der Waals surface area (Å²) in [5.74, 6) is 0.183. The number of carbonyl (C=O) groups is 3. The third-order valence-electron chi connectivity index (χ3n) is 3.53. The highest BCUT2D eigenvalue weighted by molar-refractivity contribution is 5.95. The molecule has 1 aromatic carbocycles. The molecule has 0 atom stereocenters. The van der Waals surface area contributed by atoms with Crippen LogP contribution in [-0.4, -0.2) is 42.8 Å². The van der Waals surface area contributed by atoms with Crippen molar-refractivity contribution >= 4 is 23.4 Å². The lowest BCUT2D eigenvalue weighted by molar-refractivity contribution is -0.135. The standard InChI is InChI=1S/C18H21N3O5/c1-13(22)21(11-16-4-3-9-26-16)12-18(24)19-10-17(23)20-14-5-7-15(25-2)8-6-14/h3-9H,10-12H2,1-2H3,(H,19,24)(H,20,23).